The van der Waals surface area contributed by atoms with Gasteiger partial charge < -0.3 is 14.7 Å². The number of aliphatic hydroxyl groups is 1. The van der Waals surface area contributed by atoms with Crippen LogP contribution >= 0.6 is 0 Å². The Labute approximate surface area is 111 Å². The molecule has 0 spiro atoms. The fourth-order valence-electron chi connectivity index (χ4n) is 2.17. The molecular formula is C13H18N2O4. The maximum Gasteiger partial charge on any atom is 0.275 e. The zero-order valence-corrected chi connectivity index (χ0v) is 11.1. The Balaban J connectivity index is 2.31. The molecule has 104 valence electrons. The van der Waals surface area contributed by atoms with Crippen LogP contribution in [0, 0.1) is 10.1 Å². The third kappa shape index (κ3) is 3.35. The summed E-state index contributed by atoms with van der Waals surface area (Å²) in [6.07, 6.45) is 0.274. The van der Waals surface area contributed by atoms with E-state index >= 15 is 0 Å². The van der Waals surface area contributed by atoms with E-state index in [-0.39, 0.29) is 17.9 Å². The zero-order valence-electron chi connectivity index (χ0n) is 11.1. The molecule has 1 saturated heterocycles. The Kier molecular flexibility index (Phi) is 3.90. The number of non-ortho nitro benzene ring substituents is 1. The van der Waals surface area contributed by atoms with Crippen molar-refractivity contribution in [3.05, 3.63) is 28.3 Å². The number of β-amino-alcohol motifs (C(OH)–C–C–N with tert-alkyl or cyclic N) is 1. The Morgan fingerprint density at radius 1 is 1.47 bits per heavy atom. The van der Waals surface area contributed by atoms with Gasteiger partial charge in [-0.15, -0.1) is 0 Å². The lowest BCUT2D eigenvalue weighted by Gasteiger charge is -2.19. The summed E-state index contributed by atoms with van der Waals surface area (Å²) < 4.78 is 5.54. The molecule has 1 aromatic carbocycles. The minimum atomic E-state index is -0.427. The van der Waals surface area contributed by atoms with Crippen LogP contribution < -0.4 is 9.64 Å². The molecule has 1 aliphatic rings. The standard InChI is InChI=1S/C13H18N2O4/c1-9(2)19-13-6-10(5-11(7-13)15(17)18)14-4-3-12(16)8-14/h5-7,9,12,16H,3-4,8H2,1-2H3/t12-/m1/s1. The molecule has 6 nitrogen and oxygen atoms in total. The summed E-state index contributed by atoms with van der Waals surface area (Å²) in [5.74, 6) is 0.487. The molecule has 1 atom stereocenters. The molecule has 0 unspecified atom stereocenters. The van der Waals surface area contributed by atoms with E-state index in [0.29, 0.717) is 25.3 Å². The first-order valence-electron chi connectivity index (χ1n) is 6.35. The smallest absolute Gasteiger partial charge is 0.275 e. The van der Waals surface area contributed by atoms with Gasteiger partial charge in [0.2, 0.25) is 0 Å². The van der Waals surface area contributed by atoms with Crippen LogP contribution in [0.3, 0.4) is 0 Å². The average Bonchev–Trinajstić information content (AvgIpc) is 2.74. The summed E-state index contributed by atoms with van der Waals surface area (Å²) in [7, 11) is 0. The number of benzene rings is 1. The van der Waals surface area contributed by atoms with Gasteiger partial charge in [-0.05, 0) is 20.3 Å². The minimum Gasteiger partial charge on any atom is -0.491 e. The van der Waals surface area contributed by atoms with E-state index < -0.39 is 4.92 Å². The van der Waals surface area contributed by atoms with Crippen molar-refractivity contribution in [1.82, 2.24) is 0 Å². The van der Waals surface area contributed by atoms with E-state index in [0.717, 1.165) is 5.69 Å². The Morgan fingerprint density at radius 3 is 2.74 bits per heavy atom. The molecule has 1 aliphatic heterocycles. The van der Waals surface area contributed by atoms with Gasteiger partial charge in [-0.2, -0.15) is 0 Å². The lowest BCUT2D eigenvalue weighted by molar-refractivity contribution is -0.384. The maximum absolute atomic E-state index is 11.0. The topological polar surface area (TPSA) is 75.8 Å². The highest BCUT2D eigenvalue weighted by atomic mass is 16.6. The van der Waals surface area contributed by atoms with Crippen molar-refractivity contribution in [2.24, 2.45) is 0 Å². The monoisotopic (exact) mass is 266 g/mol. The van der Waals surface area contributed by atoms with Crippen molar-refractivity contribution < 1.29 is 14.8 Å². The molecule has 6 heteroatoms. The molecule has 0 radical (unpaired) electrons. The van der Waals surface area contributed by atoms with Gasteiger partial charge in [0.15, 0.2) is 0 Å². The highest BCUT2D eigenvalue weighted by Crippen LogP contribution is 2.31. The summed E-state index contributed by atoms with van der Waals surface area (Å²) in [5.41, 5.74) is 0.732. The van der Waals surface area contributed by atoms with E-state index in [1.165, 1.54) is 12.1 Å². The zero-order chi connectivity index (χ0) is 14.0. The minimum absolute atomic E-state index is 0.00883. The molecule has 2 rings (SSSR count). The van der Waals surface area contributed by atoms with Gasteiger partial charge in [0.1, 0.15) is 5.75 Å². The average molecular weight is 266 g/mol. The number of hydrogen-bond acceptors (Lipinski definition) is 5. The summed E-state index contributed by atoms with van der Waals surface area (Å²) in [6, 6.07) is 4.73. The molecule has 1 fully saturated rings. The van der Waals surface area contributed by atoms with Gasteiger partial charge in [0.05, 0.1) is 23.2 Å². The number of anilines is 1. The summed E-state index contributed by atoms with van der Waals surface area (Å²) in [5, 5.41) is 20.5. The molecule has 0 saturated carbocycles. The van der Waals surface area contributed by atoms with Crippen LogP contribution in [-0.2, 0) is 0 Å². The lowest BCUT2D eigenvalue weighted by atomic mass is 10.2. The van der Waals surface area contributed by atoms with Crippen molar-refractivity contribution in [1.29, 1.82) is 0 Å². The van der Waals surface area contributed by atoms with Crippen LogP contribution in [0.25, 0.3) is 0 Å². The fourth-order valence-corrected chi connectivity index (χ4v) is 2.17. The summed E-state index contributed by atoms with van der Waals surface area (Å²) in [4.78, 5) is 12.5. The Bertz CT molecular complexity index is 476. The number of nitro benzene ring substituents is 1. The second-order valence-electron chi connectivity index (χ2n) is 5.00. The van der Waals surface area contributed by atoms with Crippen molar-refractivity contribution in [3.63, 3.8) is 0 Å². The number of nitro groups is 1. The van der Waals surface area contributed by atoms with E-state index in [9.17, 15) is 15.2 Å². The number of nitrogens with zero attached hydrogens (tertiary/aromatic N) is 2. The molecule has 0 aliphatic carbocycles. The first-order chi connectivity index (χ1) is 8.95. The lowest BCUT2D eigenvalue weighted by Crippen LogP contribution is -2.21. The Hall–Kier alpha value is -1.82. The van der Waals surface area contributed by atoms with E-state index in [2.05, 4.69) is 0 Å². The summed E-state index contributed by atoms with van der Waals surface area (Å²) >= 11 is 0. The molecule has 0 amide bonds. The second-order valence-corrected chi connectivity index (χ2v) is 5.00. The van der Waals surface area contributed by atoms with Crippen molar-refractivity contribution in [3.8, 4) is 5.75 Å². The van der Waals surface area contributed by atoms with Crippen LogP contribution in [-0.4, -0.2) is 35.3 Å². The van der Waals surface area contributed by atoms with Gasteiger partial charge in [-0.25, -0.2) is 0 Å². The van der Waals surface area contributed by atoms with Gasteiger partial charge in [-0.1, -0.05) is 0 Å². The number of hydrogen-bond donors (Lipinski definition) is 1. The van der Waals surface area contributed by atoms with Crippen molar-refractivity contribution in [2.45, 2.75) is 32.5 Å². The number of aliphatic hydroxyl groups excluding tert-OH is 1. The van der Waals surface area contributed by atoms with Gasteiger partial charge >= 0.3 is 0 Å². The van der Waals surface area contributed by atoms with Crippen LogP contribution in [0.4, 0.5) is 11.4 Å². The Morgan fingerprint density at radius 2 is 2.21 bits per heavy atom. The summed E-state index contributed by atoms with van der Waals surface area (Å²) in [6.45, 7) is 4.95. The predicted octanol–water partition coefficient (Wildman–Crippen LogP) is 1.95. The molecule has 1 heterocycles. The van der Waals surface area contributed by atoms with Crippen LogP contribution in [0.5, 0.6) is 5.75 Å². The molecular weight excluding hydrogens is 248 g/mol. The SMILES string of the molecule is CC(C)Oc1cc(N2CC[C@@H](O)C2)cc([N+](=O)[O-])c1. The third-order valence-corrected chi connectivity index (χ3v) is 2.99. The highest BCUT2D eigenvalue weighted by molar-refractivity contribution is 5.58. The quantitative estimate of drug-likeness (QED) is 0.666. The molecule has 0 aromatic heterocycles. The van der Waals surface area contributed by atoms with E-state index in [4.69, 9.17) is 4.74 Å². The molecule has 1 N–H and O–H groups in total. The molecule has 19 heavy (non-hydrogen) atoms. The third-order valence-electron chi connectivity index (χ3n) is 2.99. The number of ether oxygens (including phenoxy) is 1. The molecule has 1 aromatic rings. The second kappa shape index (κ2) is 5.44. The van der Waals surface area contributed by atoms with Crippen molar-refractivity contribution in [2.75, 3.05) is 18.0 Å². The van der Waals surface area contributed by atoms with Gasteiger partial charge in [0, 0.05) is 30.9 Å². The largest absolute Gasteiger partial charge is 0.491 e. The van der Waals surface area contributed by atoms with Crippen LogP contribution in [0.2, 0.25) is 0 Å². The van der Waals surface area contributed by atoms with Gasteiger partial charge in [-0.3, -0.25) is 10.1 Å². The normalized spacial score (nSPS) is 18.9. The van der Waals surface area contributed by atoms with E-state index in [1.807, 2.05) is 18.7 Å². The first kappa shape index (κ1) is 13.6. The first-order valence-corrected chi connectivity index (χ1v) is 6.35. The molecule has 0 bridgehead atoms. The predicted molar refractivity (Wildman–Crippen MR) is 71.7 cm³/mol. The highest BCUT2D eigenvalue weighted by Gasteiger charge is 2.23. The van der Waals surface area contributed by atoms with E-state index in [1.54, 1.807) is 6.07 Å². The number of rotatable bonds is 4. The maximum atomic E-state index is 11.0. The van der Waals surface area contributed by atoms with Gasteiger partial charge in [0.25, 0.3) is 5.69 Å². The van der Waals surface area contributed by atoms with Crippen LogP contribution in [0.1, 0.15) is 20.3 Å². The van der Waals surface area contributed by atoms with Crippen molar-refractivity contribution >= 4 is 11.4 Å². The fraction of sp³-hybridized carbons (Fsp3) is 0.538. The van der Waals surface area contributed by atoms with Crippen LogP contribution in [0.15, 0.2) is 18.2 Å².